The van der Waals surface area contributed by atoms with Crippen molar-refractivity contribution in [2.75, 3.05) is 13.1 Å². The zero-order chi connectivity index (χ0) is 26.3. The van der Waals surface area contributed by atoms with Gasteiger partial charge in [0.1, 0.15) is 24.7 Å². The molecule has 1 saturated heterocycles. The molecule has 0 unspecified atom stereocenters. The van der Waals surface area contributed by atoms with Crippen molar-refractivity contribution >= 4 is 58.9 Å². The Bertz CT molecular complexity index is 1010. The lowest BCUT2D eigenvalue weighted by Gasteiger charge is -2.34. The van der Waals surface area contributed by atoms with Crippen molar-refractivity contribution in [3.05, 3.63) is 27.7 Å². The number of aromatic hydroxyl groups is 1. The van der Waals surface area contributed by atoms with Crippen LogP contribution in [0.15, 0.2) is 12.1 Å². The van der Waals surface area contributed by atoms with E-state index >= 15 is 0 Å². The van der Waals surface area contributed by atoms with Crippen molar-refractivity contribution in [1.82, 2.24) is 20.7 Å². The molecule has 0 spiro atoms. The molecule has 4 amide bonds. The zero-order valence-corrected chi connectivity index (χ0v) is 20.7. The molecule has 11 nitrogen and oxygen atoms in total. The molecule has 1 heterocycles. The summed E-state index contributed by atoms with van der Waals surface area (Å²) in [6.07, 6.45) is 0.586. The molecule has 1 aliphatic heterocycles. The van der Waals surface area contributed by atoms with Gasteiger partial charge in [-0.15, -0.1) is 0 Å². The fraction of sp³-hybridized carbons (Fsp3) is 0.455. The Morgan fingerprint density at radius 3 is 2.37 bits per heavy atom. The Balaban J connectivity index is 2.26. The summed E-state index contributed by atoms with van der Waals surface area (Å²) < 4.78 is 0. The van der Waals surface area contributed by atoms with Gasteiger partial charge in [-0.2, -0.15) is 0 Å². The van der Waals surface area contributed by atoms with Gasteiger partial charge in [-0.3, -0.25) is 29.0 Å². The number of nitrogens with zero attached hydrogens (tertiary/aromatic N) is 2. The predicted octanol–water partition coefficient (Wildman–Crippen LogP) is 1.24. The maximum absolute atomic E-state index is 13.3. The molecule has 0 bridgehead atoms. The van der Waals surface area contributed by atoms with E-state index in [9.17, 15) is 33.9 Å². The van der Waals surface area contributed by atoms with Crippen molar-refractivity contribution in [3.63, 3.8) is 0 Å². The molecule has 1 fully saturated rings. The first-order valence-electron chi connectivity index (χ1n) is 10.8. The molecular formula is C22H26Cl2N4O7. The van der Waals surface area contributed by atoms with E-state index in [4.69, 9.17) is 23.2 Å². The number of carbonyl (C=O) groups excluding carboxylic acids is 6. The predicted molar refractivity (Wildman–Crippen MR) is 126 cm³/mol. The highest BCUT2D eigenvalue weighted by molar-refractivity contribution is 6.37. The lowest BCUT2D eigenvalue weighted by Crippen LogP contribution is -2.57. The maximum atomic E-state index is 13.3. The van der Waals surface area contributed by atoms with Crippen LogP contribution in [0.5, 0.6) is 5.75 Å². The average Bonchev–Trinajstić information content (AvgIpc) is 2.89. The largest absolute Gasteiger partial charge is 0.505 e. The Labute approximate surface area is 211 Å². The molecular weight excluding hydrogens is 503 g/mol. The summed E-state index contributed by atoms with van der Waals surface area (Å²) in [5, 5.41) is 16.3. The smallest absolute Gasteiger partial charge is 0.264 e. The summed E-state index contributed by atoms with van der Waals surface area (Å²) in [6.45, 7) is 2.60. The van der Waals surface area contributed by atoms with E-state index in [0.29, 0.717) is 12.7 Å². The summed E-state index contributed by atoms with van der Waals surface area (Å²) in [5.41, 5.74) is -0.0195. The fourth-order valence-electron chi connectivity index (χ4n) is 3.48. The standard InChI is InChI=1S/C22H26Cl2N4O7/c1-3-6-27-19(32)5-4-17(26-21(34)13-8-15(23)20(33)16(24)9-13)22(35)28(27)10-18(31)25-14(11-29)7-12(2)30/h8-9,11,14,17,33H,3-7,10H2,1-2H3,(H,25,31)(H,26,34)/t14-,17-/m0/s1. The van der Waals surface area contributed by atoms with E-state index < -0.39 is 48.0 Å². The lowest BCUT2D eigenvalue weighted by atomic mass is 10.1. The zero-order valence-electron chi connectivity index (χ0n) is 19.2. The molecule has 1 aromatic rings. The van der Waals surface area contributed by atoms with Gasteiger partial charge in [0.25, 0.3) is 11.8 Å². The van der Waals surface area contributed by atoms with Crippen molar-refractivity contribution in [1.29, 1.82) is 0 Å². The number of hydrogen-bond donors (Lipinski definition) is 3. The first kappa shape index (κ1) is 28.1. The number of hydrogen-bond acceptors (Lipinski definition) is 7. The minimum atomic E-state index is -1.16. The number of phenols is 1. The number of nitrogens with one attached hydrogen (secondary N) is 2. The highest BCUT2D eigenvalue weighted by Gasteiger charge is 2.37. The van der Waals surface area contributed by atoms with Crippen LogP contribution in [0.1, 0.15) is 49.9 Å². The third kappa shape index (κ3) is 7.40. The molecule has 2 rings (SSSR count). The van der Waals surface area contributed by atoms with E-state index in [1.807, 2.05) is 0 Å². The van der Waals surface area contributed by atoms with Gasteiger partial charge in [0.05, 0.1) is 16.1 Å². The highest BCUT2D eigenvalue weighted by Crippen LogP contribution is 2.32. The molecule has 1 aromatic carbocycles. The van der Waals surface area contributed by atoms with E-state index in [0.717, 1.165) is 10.0 Å². The van der Waals surface area contributed by atoms with Gasteiger partial charge < -0.3 is 20.5 Å². The summed E-state index contributed by atoms with van der Waals surface area (Å²) in [7, 11) is 0. The summed E-state index contributed by atoms with van der Waals surface area (Å²) in [6, 6.07) is 0.116. The van der Waals surface area contributed by atoms with Gasteiger partial charge in [-0.1, -0.05) is 30.1 Å². The number of aldehydes is 1. The minimum Gasteiger partial charge on any atom is -0.505 e. The SMILES string of the molecule is CCCN1C(=O)CC[C@H](NC(=O)c2cc(Cl)c(O)c(Cl)c2)C(=O)N1CC(=O)N[C@H](C=O)CC(C)=O. The van der Waals surface area contributed by atoms with Gasteiger partial charge in [-0.05, 0) is 31.9 Å². The first-order valence-corrected chi connectivity index (χ1v) is 11.6. The van der Waals surface area contributed by atoms with E-state index in [1.165, 1.54) is 19.1 Å². The number of amides is 4. The first-order chi connectivity index (χ1) is 16.5. The molecule has 13 heteroatoms. The summed E-state index contributed by atoms with van der Waals surface area (Å²) in [5.74, 6) is -3.32. The normalized spacial score (nSPS) is 17.0. The van der Waals surface area contributed by atoms with Crippen LogP contribution in [0.4, 0.5) is 0 Å². The second kappa shape index (κ2) is 12.5. The molecule has 2 atom stereocenters. The third-order valence-electron chi connectivity index (χ3n) is 5.11. The van der Waals surface area contributed by atoms with Crippen LogP contribution in [0.3, 0.4) is 0 Å². The average molecular weight is 529 g/mol. The lowest BCUT2D eigenvalue weighted by molar-refractivity contribution is -0.164. The van der Waals surface area contributed by atoms with Crippen molar-refractivity contribution in [2.24, 2.45) is 0 Å². The highest BCUT2D eigenvalue weighted by atomic mass is 35.5. The molecule has 190 valence electrons. The van der Waals surface area contributed by atoms with Crippen LogP contribution in [0.25, 0.3) is 0 Å². The molecule has 1 aliphatic rings. The maximum Gasteiger partial charge on any atom is 0.264 e. The monoisotopic (exact) mass is 528 g/mol. The number of benzene rings is 1. The Kier molecular flexibility index (Phi) is 10.0. The third-order valence-corrected chi connectivity index (χ3v) is 5.69. The van der Waals surface area contributed by atoms with Gasteiger partial charge in [0, 0.05) is 24.9 Å². The van der Waals surface area contributed by atoms with Crippen molar-refractivity contribution in [2.45, 2.75) is 51.6 Å². The van der Waals surface area contributed by atoms with Gasteiger partial charge in [0.15, 0.2) is 5.75 Å². The van der Waals surface area contributed by atoms with Crippen molar-refractivity contribution in [3.8, 4) is 5.75 Å². The topological polar surface area (TPSA) is 153 Å². The summed E-state index contributed by atoms with van der Waals surface area (Å²) >= 11 is 11.7. The molecule has 0 aliphatic carbocycles. The van der Waals surface area contributed by atoms with Crippen LogP contribution in [0.2, 0.25) is 10.0 Å². The molecule has 0 aromatic heterocycles. The van der Waals surface area contributed by atoms with Gasteiger partial charge in [-0.25, -0.2) is 5.01 Å². The summed E-state index contributed by atoms with van der Waals surface area (Å²) in [4.78, 5) is 73.9. The minimum absolute atomic E-state index is 0.0195. The van der Waals surface area contributed by atoms with Crippen LogP contribution in [-0.2, 0) is 24.0 Å². The van der Waals surface area contributed by atoms with E-state index in [-0.39, 0.29) is 47.2 Å². The van der Waals surface area contributed by atoms with E-state index in [2.05, 4.69) is 10.6 Å². The number of halogens is 2. The number of carbonyl (C=O) groups is 6. The number of hydrazine groups is 1. The number of rotatable bonds is 10. The van der Waals surface area contributed by atoms with Gasteiger partial charge >= 0.3 is 0 Å². The quantitative estimate of drug-likeness (QED) is 0.386. The van der Waals surface area contributed by atoms with Crippen LogP contribution < -0.4 is 10.6 Å². The molecule has 35 heavy (non-hydrogen) atoms. The van der Waals surface area contributed by atoms with Crippen LogP contribution in [-0.4, -0.2) is 76.0 Å². The van der Waals surface area contributed by atoms with E-state index in [1.54, 1.807) is 6.92 Å². The van der Waals surface area contributed by atoms with Gasteiger partial charge in [0.2, 0.25) is 11.8 Å². The molecule has 0 radical (unpaired) electrons. The van der Waals surface area contributed by atoms with Crippen LogP contribution in [0, 0.1) is 0 Å². The molecule has 3 N–H and O–H groups in total. The molecule has 0 saturated carbocycles. The Morgan fingerprint density at radius 1 is 1.20 bits per heavy atom. The number of Topliss-reactive ketones (excluding diaryl/α,β-unsaturated/α-hetero) is 1. The Hall–Kier alpha value is -3.18. The Morgan fingerprint density at radius 2 is 1.83 bits per heavy atom. The fourth-order valence-corrected chi connectivity index (χ4v) is 3.96. The van der Waals surface area contributed by atoms with Crippen molar-refractivity contribution < 1.29 is 33.9 Å². The second-order valence-electron chi connectivity index (χ2n) is 7.98. The number of ketones is 1. The number of phenolic OH excluding ortho intramolecular Hbond substituents is 1. The second-order valence-corrected chi connectivity index (χ2v) is 8.80. The van der Waals surface area contributed by atoms with Crippen LogP contribution >= 0.6 is 23.2 Å².